The maximum Gasteiger partial charge on any atom is 0.0546 e. The van der Waals surface area contributed by atoms with Crippen LogP contribution in [0.4, 0.5) is 0 Å². The van der Waals surface area contributed by atoms with Crippen LogP contribution in [0.5, 0.6) is 0 Å². The fourth-order valence-corrected chi connectivity index (χ4v) is 2.79. The first-order chi connectivity index (χ1) is 8.16. The Morgan fingerprint density at radius 1 is 1.06 bits per heavy atom. The van der Waals surface area contributed by atoms with Gasteiger partial charge < -0.3 is 5.11 Å². The minimum absolute atomic E-state index is 0.0905. The van der Waals surface area contributed by atoms with E-state index in [1.807, 2.05) is 0 Å². The molecule has 0 bridgehead atoms. The second-order valence-electron chi connectivity index (χ2n) is 5.69. The van der Waals surface area contributed by atoms with Crippen molar-refractivity contribution in [2.24, 2.45) is 0 Å². The summed E-state index contributed by atoms with van der Waals surface area (Å²) >= 11 is 0. The molecule has 1 nitrogen and oxygen atoms in total. The molecular weight excluding hydrogens is 208 g/mol. The van der Waals surface area contributed by atoms with E-state index in [0.717, 1.165) is 12.8 Å². The summed E-state index contributed by atoms with van der Waals surface area (Å²) in [7, 11) is 0. The lowest BCUT2D eigenvalue weighted by atomic mass is 9.89. The summed E-state index contributed by atoms with van der Waals surface area (Å²) in [5, 5.41) is 9.86. The Morgan fingerprint density at radius 3 is 2.35 bits per heavy atom. The van der Waals surface area contributed by atoms with Crippen LogP contribution in [0.15, 0.2) is 24.3 Å². The number of benzene rings is 1. The number of hydrogen-bond donors (Lipinski definition) is 1. The molecule has 1 fully saturated rings. The zero-order valence-electron chi connectivity index (χ0n) is 11.0. The van der Waals surface area contributed by atoms with Gasteiger partial charge in [-0.2, -0.15) is 0 Å². The summed E-state index contributed by atoms with van der Waals surface area (Å²) in [6.07, 6.45) is 5.52. The lowest BCUT2D eigenvalue weighted by Gasteiger charge is -2.17. The van der Waals surface area contributed by atoms with Crippen LogP contribution >= 0.6 is 0 Å². The van der Waals surface area contributed by atoms with E-state index in [2.05, 4.69) is 38.1 Å². The van der Waals surface area contributed by atoms with Crippen LogP contribution in [0, 0.1) is 0 Å². The summed E-state index contributed by atoms with van der Waals surface area (Å²) in [4.78, 5) is 0. The molecule has 1 aliphatic rings. The Hall–Kier alpha value is -0.820. The van der Waals surface area contributed by atoms with E-state index >= 15 is 0 Å². The van der Waals surface area contributed by atoms with Crippen LogP contribution in [-0.2, 0) is 0 Å². The number of aliphatic hydroxyl groups excluding tert-OH is 1. The molecule has 17 heavy (non-hydrogen) atoms. The van der Waals surface area contributed by atoms with Crippen LogP contribution < -0.4 is 0 Å². The molecule has 0 amide bonds. The largest absolute Gasteiger partial charge is 0.393 e. The van der Waals surface area contributed by atoms with Gasteiger partial charge in [0.2, 0.25) is 0 Å². The summed E-state index contributed by atoms with van der Waals surface area (Å²) in [5.41, 5.74) is 2.82. The number of aliphatic hydroxyl groups is 1. The van der Waals surface area contributed by atoms with Gasteiger partial charge in [-0.05, 0) is 42.2 Å². The van der Waals surface area contributed by atoms with Crippen LogP contribution in [-0.4, -0.2) is 11.2 Å². The van der Waals surface area contributed by atoms with Gasteiger partial charge in [0.25, 0.3) is 0 Å². The van der Waals surface area contributed by atoms with E-state index in [9.17, 15) is 5.11 Å². The molecule has 2 unspecified atom stereocenters. The molecule has 2 atom stereocenters. The van der Waals surface area contributed by atoms with Gasteiger partial charge in [0, 0.05) is 0 Å². The van der Waals surface area contributed by atoms with Gasteiger partial charge in [-0.25, -0.2) is 0 Å². The van der Waals surface area contributed by atoms with E-state index < -0.39 is 0 Å². The fraction of sp³-hybridized carbons (Fsp3) is 0.625. The maximum absolute atomic E-state index is 9.86. The van der Waals surface area contributed by atoms with Crippen molar-refractivity contribution in [2.45, 2.75) is 63.9 Å². The number of hydrogen-bond acceptors (Lipinski definition) is 1. The van der Waals surface area contributed by atoms with Gasteiger partial charge in [0.15, 0.2) is 0 Å². The Kier molecular flexibility index (Phi) is 4.22. The SMILES string of the molecule is CC(C)c1ccc(C2CCCCC(O)C2)cc1. The van der Waals surface area contributed by atoms with Crippen LogP contribution in [0.25, 0.3) is 0 Å². The lowest BCUT2D eigenvalue weighted by Crippen LogP contribution is -2.09. The molecule has 2 rings (SSSR count). The standard InChI is InChI=1S/C16H24O/c1-12(2)13-7-9-14(10-8-13)15-5-3-4-6-16(17)11-15/h7-10,12,15-17H,3-6,11H2,1-2H3. The third-order valence-corrected chi connectivity index (χ3v) is 3.97. The molecule has 94 valence electrons. The van der Waals surface area contributed by atoms with Crippen molar-refractivity contribution >= 4 is 0 Å². The highest BCUT2D eigenvalue weighted by Gasteiger charge is 2.19. The smallest absolute Gasteiger partial charge is 0.0546 e. The molecule has 0 saturated heterocycles. The highest BCUT2D eigenvalue weighted by atomic mass is 16.3. The lowest BCUT2D eigenvalue weighted by molar-refractivity contribution is 0.152. The van der Waals surface area contributed by atoms with Crippen LogP contribution in [0.1, 0.15) is 68.9 Å². The minimum atomic E-state index is -0.0905. The summed E-state index contributed by atoms with van der Waals surface area (Å²) < 4.78 is 0. The van der Waals surface area contributed by atoms with Gasteiger partial charge in [-0.3, -0.25) is 0 Å². The van der Waals surface area contributed by atoms with Crippen LogP contribution in [0.3, 0.4) is 0 Å². The normalized spacial score (nSPS) is 25.9. The molecule has 1 N–H and O–H groups in total. The highest BCUT2D eigenvalue weighted by Crippen LogP contribution is 2.32. The topological polar surface area (TPSA) is 20.2 Å². The zero-order chi connectivity index (χ0) is 12.3. The molecule has 0 radical (unpaired) electrons. The van der Waals surface area contributed by atoms with Gasteiger partial charge in [0.1, 0.15) is 0 Å². The van der Waals surface area contributed by atoms with E-state index in [0.29, 0.717) is 11.8 Å². The van der Waals surface area contributed by atoms with E-state index in [4.69, 9.17) is 0 Å². The molecule has 0 aliphatic heterocycles. The predicted molar refractivity (Wildman–Crippen MR) is 72.4 cm³/mol. The van der Waals surface area contributed by atoms with Crippen molar-refractivity contribution in [1.29, 1.82) is 0 Å². The van der Waals surface area contributed by atoms with Crippen molar-refractivity contribution in [2.75, 3.05) is 0 Å². The molecule has 1 saturated carbocycles. The second kappa shape index (κ2) is 5.68. The first-order valence-electron chi connectivity index (χ1n) is 6.94. The summed E-state index contributed by atoms with van der Waals surface area (Å²) in [5.74, 6) is 1.16. The minimum Gasteiger partial charge on any atom is -0.393 e. The molecule has 1 heteroatoms. The molecule has 1 aromatic rings. The highest BCUT2D eigenvalue weighted by molar-refractivity contribution is 5.27. The molecule has 0 heterocycles. The van der Waals surface area contributed by atoms with Crippen molar-refractivity contribution in [3.8, 4) is 0 Å². The monoisotopic (exact) mass is 232 g/mol. The first-order valence-corrected chi connectivity index (χ1v) is 6.94. The average Bonchev–Trinajstić information content (AvgIpc) is 2.54. The van der Waals surface area contributed by atoms with Crippen molar-refractivity contribution in [1.82, 2.24) is 0 Å². The molecule has 1 aliphatic carbocycles. The third kappa shape index (κ3) is 3.32. The van der Waals surface area contributed by atoms with Gasteiger partial charge in [-0.1, -0.05) is 51.0 Å². The van der Waals surface area contributed by atoms with Gasteiger partial charge in [0.05, 0.1) is 6.10 Å². The molecular formula is C16H24O. The molecule has 1 aromatic carbocycles. The second-order valence-corrected chi connectivity index (χ2v) is 5.69. The maximum atomic E-state index is 9.86. The van der Waals surface area contributed by atoms with E-state index in [-0.39, 0.29) is 6.10 Å². The molecule has 0 spiro atoms. The first kappa shape index (κ1) is 12.6. The van der Waals surface area contributed by atoms with Crippen molar-refractivity contribution in [3.05, 3.63) is 35.4 Å². The number of rotatable bonds is 2. The average molecular weight is 232 g/mol. The third-order valence-electron chi connectivity index (χ3n) is 3.97. The summed E-state index contributed by atoms with van der Waals surface area (Å²) in [6.45, 7) is 4.45. The quantitative estimate of drug-likeness (QED) is 0.757. The Balaban J connectivity index is 2.10. The fourth-order valence-electron chi connectivity index (χ4n) is 2.79. The van der Waals surface area contributed by atoms with E-state index in [1.165, 1.54) is 30.4 Å². The van der Waals surface area contributed by atoms with Crippen molar-refractivity contribution in [3.63, 3.8) is 0 Å². The van der Waals surface area contributed by atoms with Gasteiger partial charge >= 0.3 is 0 Å². The van der Waals surface area contributed by atoms with Crippen molar-refractivity contribution < 1.29 is 5.11 Å². The Labute approximate surface area is 105 Å². The van der Waals surface area contributed by atoms with E-state index in [1.54, 1.807) is 0 Å². The zero-order valence-corrected chi connectivity index (χ0v) is 11.0. The molecule has 0 aromatic heterocycles. The Morgan fingerprint density at radius 2 is 1.71 bits per heavy atom. The summed E-state index contributed by atoms with van der Waals surface area (Å²) in [6, 6.07) is 9.02. The van der Waals surface area contributed by atoms with Crippen LogP contribution in [0.2, 0.25) is 0 Å². The predicted octanol–water partition coefficient (Wildman–Crippen LogP) is 4.22. The Bertz CT molecular complexity index is 339. The van der Waals surface area contributed by atoms with Gasteiger partial charge in [-0.15, -0.1) is 0 Å².